The van der Waals surface area contributed by atoms with E-state index in [4.69, 9.17) is 10.00 Å². The van der Waals surface area contributed by atoms with Gasteiger partial charge in [-0.1, -0.05) is 43.0 Å². The van der Waals surface area contributed by atoms with Crippen LogP contribution in [0.15, 0.2) is 84.9 Å². The number of nitrogens with one attached hydrogen (secondary N) is 3. The number of hydrogen-bond acceptors (Lipinski definition) is 6. The molecule has 10 heteroatoms. The molecule has 0 aliphatic heterocycles. The fourth-order valence-electron chi connectivity index (χ4n) is 4.26. The number of likely N-dealkylation sites (N-methyl/N-ethyl adjacent to an activating group) is 1. The van der Waals surface area contributed by atoms with Gasteiger partial charge in [0.15, 0.2) is 0 Å². The Morgan fingerprint density at radius 2 is 1.43 bits per heavy atom. The number of benzene rings is 3. The highest BCUT2D eigenvalue weighted by Crippen LogP contribution is 2.23. The van der Waals surface area contributed by atoms with Gasteiger partial charge in [0.2, 0.25) is 0 Å². The van der Waals surface area contributed by atoms with Crippen molar-refractivity contribution in [1.29, 1.82) is 5.26 Å². The maximum absolute atomic E-state index is 13.3. The van der Waals surface area contributed by atoms with Crippen LogP contribution in [-0.4, -0.2) is 60.6 Å². The highest BCUT2D eigenvalue weighted by molar-refractivity contribution is 6.06. The lowest BCUT2D eigenvalue weighted by Crippen LogP contribution is -2.37. The maximum atomic E-state index is 13.3. The first-order valence-electron chi connectivity index (χ1n) is 14.2. The van der Waals surface area contributed by atoms with Gasteiger partial charge in [0.25, 0.3) is 5.91 Å². The topological polar surface area (TPSA) is 127 Å². The number of carbonyl (C=O) groups is 3. The molecule has 0 atom stereocenters. The highest BCUT2D eigenvalue weighted by atomic mass is 16.6. The summed E-state index contributed by atoms with van der Waals surface area (Å²) in [5.74, 6) is -0.358. The third-order valence-corrected chi connectivity index (χ3v) is 6.13. The van der Waals surface area contributed by atoms with Gasteiger partial charge < -0.3 is 25.2 Å². The van der Waals surface area contributed by atoms with Gasteiger partial charge in [-0.05, 0) is 88.0 Å². The van der Waals surface area contributed by atoms with Crippen LogP contribution < -0.4 is 16.0 Å². The molecule has 10 nitrogen and oxygen atoms in total. The molecule has 3 N–H and O–H groups in total. The fraction of sp³-hybridized carbons (Fsp3) is 0.294. The smallest absolute Gasteiger partial charge is 0.412 e. The SMILES string of the molecule is C=C(CN(C)C)CN(Cc1ccc(C(=O)Nc2ccccc2NC(=O)OC(C)(C)C)cc1)C(=O)Nc1ccc(CC#N)cc1. The number of nitriles is 1. The number of amides is 4. The summed E-state index contributed by atoms with van der Waals surface area (Å²) in [6.07, 6.45) is -0.324. The number of para-hydroxylation sites is 2. The van der Waals surface area contributed by atoms with Gasteiger partial charge >= 0.3 is 12.1 Å². The van der Waals surface area contributed by atoms with E-state index >= 15 is 0 Å². The van der Waals surface area contributed by atoms with Crippen LogP contribution in [0.2, 0.25) is 0 Å². The molecule has 0 saturated carbocycles. The van der Waals surface area contributed by atoms with Crippen LogP contribution in [0, 0.1) is 11.3 Å². The molecule has 0 spiro atoms. The lowest BCUT2D eigenvalue weighted by Gasteiger charge is -2.25. The van der Waals surface area contributed by atoms with Crippen LogP contribution in [0.5, 0.6) is 0 Å². The van der Waals surface area contributed by atoms with Crippen LogP contribution in [-0.2, 0) is 17.7 Å². The second-order valence-corrected chi connectivity index (χ2v) is 11.6. The molecule has 0 heterocycles. The number of nitrogens with zero attached hydrogens (tertiary/aromatic N) is 3. The molecule has 0 saturated heterocycles. The van der Waals surface area contributed by atoms with Crippen molar-refractivity contribution < 1.29 is 19.1 Å². The minimum Gasteiger partial charge on any atom is -0.444 e. The average molecular weight is 597 g/mol. The highest BCUT2D eigenvalue weighted by Gasteiger charge is 2.19. The molecule has 3 aromatic carbocycles. The minimum atomic E-state index is -0.663. The Kier molecular flexibility index (Phi) is 11.7. The van der Waals surface area contributed by atoms with Crippen LogP contribution >= 0.6 is 0 Å². The van der Waals surface area contributed by atoms with E-state index in [-0.39, 0.29) is 18.5 Å². The molecular weight excluding hydrogens is 556 g/mol. The Bertz CT molecular complexity index is 1500. The summed E-state index contributed by atoms with van der Waals surface area (Å²) < 4.78 is 5.32. The van der Waals surface area contributed by atoms with Gasteiger partial charge in [-0.15, -0.1) is 0 Å². The zero-order valence-electron chi connectivity index (χ0n) is 25.9. The van der Waals surface area contributed by atoms with Crippen LogP contribution in [0.25, 0.3) is 0 Å². The molecule has 0 radical (unpaired) electrons. The van der Waals surface area contributed by atoms with Crippen molar-refractivity contribution in [1.82, 2.24) is 9.80 Å². The number of ether oxygens (including phenoxy) is 1. The van der Waals surface area contributed by atoms with Gasteiger partial charge in [0, 0.05) is 30.9 Å². The zero-order valence-corrected chi connectivity index (χ0v) is 25.9. The number of hydrogen-bond donors (Lipinski definition) is 3. The summed E-state index contributed by atoms with van der Waals surface area (Å²) in [5.41, 5.74) is 3.76. The molecule has 0 fully saturated rings. The molecule has 0 aliphatic carbocycles. The van der Waals surface area contributed by atoms with Crippen molar-refractivity contribution in [2.45, 2.75) is 39.3 Å². The minimum absolute atomic E-state index is 0.287. The molecule has 0 aliphatic rings. The summed E-state index contributed by atoms with van der Waals surface area (Å²) in [6, 6.07) is 22.8. The average Bonchev–Trinajstić information content (AvgIpc) is 2.94. The van der Waals surface area contributed by atoms with Gasteiger partial charge in [-0.2, -0.15) is 5.26 Å². The van der Waals surface area contributed by atoms with Crippen molar-refractivity contribution in [2.75, 3.05) is 43.1 Å². The molecule has 0 bridgehead atoms. The molecule has 230 valence electrons. The summed E-state index contributed by atoms with van der Waals surface area (Å²) >= 11 is 0. The Labute approximate surface area is 259 Å². The summed E-state index contributed by atoms with van der Waals surface area (Å²) in [4.78, 5) is 42.3. The van der Waals surface area contributed by atoms with Crippen molar-refractivity contribution in [3.05, 3.63) is 102 Å². The normalized spacial score (nSPS) is 10.8. The third-order valence-electron chi connectivity index (χ3n) is 6.13. The van der Waals surface area contributed by atoms with Crippen molar-refractivity contribution in [3.8, 4) is 6.07 Å². The number of urea groups is 1. The van der Waals surface area contributed by atoms with Crippen LogP contribution in [0.4, 0.5) is 26.7 Å². The van der Waals surface area contributed by atoms with Crippen LogP contribution in [0.3, 0.4) is 0 Å². The summed E-state index contributed by atoms with van der Waals surface area (Å²) in [6.45, 7) is 10.7. The monoisotopic (exact) mass is 596 g/mol. The first kappa shape index (κ1) is 33.4. The fourth-order valence-corrected chi connectivity index (χ4v) is 4.26. The quantitative estimate of drug-likeness (QED) is 0.217. The Morgan fingerprint density at radius 1 is 0.841 bits per heavy atom. The van der Waals surface area contributed by atoms with E-state index < -0.39 is 11.7 Å². The molecule has 4 amide bonds. The Morgan fingerprint density at radius 3 is 2.00 bits per heavy atom. The van der Waals surface area contributed by atoms with Gasteiger partial charge in [0.1, 0.15) is 5.60 Å². The van der Waals surface area contributed by atoms with E-state index in [1.165, 1.54) is 0 Å². The Balaban J connectivity index is 1.70. The zero-order chi connectivity index (χ0) is 32.3. The van der Waals surface area contributed by atoms with Gasteiger partial charge in [-0.25, -0.2) is 9.59 Å². The van der Waals surface area contributed by atoms with E-state index in [0.717, 1.165) is 16.7 Å². The molecule has 0 aromatic heterocycles. The van der Waals surface area contributed by atoms with Crippen molar-refractivity contribution in [3.63, 3.8) is 0 Å². The van der Waals surface area contributed by atoms with E-state index in [1.807, 2.05) is 31.1 Å². The summed E-state index contributed by atoms with van der Waals surface area (Å²) in [5, 5.41) is 17.3. The van der Waals surface area contributed by atoms with E-state index in [0.29, 0.717) is 42.1 Å². The van der Waals surface area contributed by atoms with Crippen LogP contribution in [0.1, 0.15) is 42.3 Å². The van der Waals surface area contributed by atoms with E-state index in [1.54, 1.807) is 86.3 Å². The standard InChI is InChI=1S/C34H40N6O4/c1-24(21-39(5)6)22-40(32(42)36-28-17-13-25(14-18-28)19-20-35)23-26-11-15-27(16-12-26)31(41)37-29-9-7-8-10-30(29)38-33(43)44-34(2,3)4/h7-18H,1,19,21-23H2,2-6H3,(H,36,42)(H,37,41)(H,38,43). The molecule has 44 heavy (non-hydrogen) atoms. The second kappa shape index (κ2) is 15.4. The predicted octanol–water partition coefficient (Wildman–Crippen LogP) is 6.50. The van der Waals surface area contributed by atoms with E-state index in [2.05, 4.69) is 28.6 Å². The number of rotatable bonds is 11. The second-order valence-electron chi connectivity index (χ2n) is 11.6. The van der Waals surface area contributed by atoms with E-state index in [9.17, 15) is 14.4 Å². The Hall–Kier alpha value is -5.14. The van der Waals surface area contributed by atoms with Crippen molar-refractivity contribution in [2.24, 2.45) is 0 Å². The maximum Gasteiger partial charge on any atom is 0.412 e. The van der Waals surface area contributed by atoms with Gasteiger partial charge in [-0.3, -0.25) is 10.1 Å². The lowest BCUT2D eigenvalue weighted by atomic mass is 10.1. The first-order chi connectivity index (χ1) is 20.8. The van der Waals surface area contributed by atoms with Crippen molar-refractivity contribution >= 4 is 35.1 Å². The number of anilines is 3. The first-order valence-corrected chi connectivity index (χ1v) is 14.2. The van der Waals surface area contributed by atoms with Gasteiger partial charge in [0.05, 0.1) is 23.9 Å². The molecule has 3 aromatic rings. The molecule has 3 rings (SSSR count). The predicted molar refractivity (Wildman–Crippen MR) is 174 cm³/mol. The third kappa shape index (κ3) is 10.9. The number of carbonyl (C=O) groups excluding carboxylic acids is 3. The molecule has 0 unspecified atom stereocenters. The lowest BCUT2D eigenvalue weighted by molar-refractivity contribution is 0.0635. The summed E-state index contributed by atoms with van der Waals surface area (Å²) in [7, 11) is 3.88. The molecular formula is C34H40N6O4. The largest absolute Gasteiger partial charge is 0.444 e.